The maximum absolute atomic E-state index is 12.7. The summed E-state index contributed by atoms with van der Waals surface area (Å²) >= 11 is 3.91. The Morgan fingerprint density at radius 1 is 0.933 bits per heavy atom. The minimum atomic E-state index is -1.57. The predicted molar refractivity (Wildman–Crippen MR) is 110 cm³/mol. The van der Waals surface area contributed by atoms with Crippen molar-refractivity contribution in [1.29, 1.82) is 0 Å². The van der Waals surface area contributed by atoms with Crippen molar-refractivity contribution in [3.8, 4) is 0 Å². The van der Waals surface area contributed by atoms with Crippen molar-refractivity contribution in [3.05, 3.63) is 0 Å². The van der Waals surface area contributed by atoms with Gasteiger partial charge in [-0.1, -0.05) is 13.8 Å². The molecule has 0 spiro atoms. The van der Waals surface area contributed by atoms with Gasteiger partial charge in [0.25, 0.3) is 0 Å². The summed E-state index contributed by atoms with van der Waals surface area (Å²) < 4.78 is 0. The van der Waals surface area contributed by atoms with E-state index in [0.717, 1.165) is 0 Å². The van der Waals surface area contributed by atoms with Crippen LogP contribution in [-0.2, 0) is 24.0 Å². The Labute approximate surface area is 179 Å². The van der Waals surface area contributed by atoms with Crippen LogP contribution in [0.2, 0.25) is 0 Å². The van der Waals surface area contributed by atoms with E-state index in [1.165, 1.54) is 6.92 Å². The van der Waals surface area contributed by atoms with Crippen LogP contribution in [0, 0.1) is 5.92 Å². The van der Waals surface area contributed by atoms with E-state index in [4.69, 9.17) is 16.6 Å². The first-order valence-corrected chi connectivity index (χ1v) is 9.91. The van der Waals surface area contributed by atoms with Crippen LogP contribution < -0.4 is 27.4 Å². The Morgan fingerprint density at radius 3 is 1.87 bits per heavy atom. The lowest BCUT2D eigenvalue weighted by molar-refractivity contribution is -0.145. The van der Waals surface area contributed by atoms with Gasteiger partial charge in [0.05, 0.1) is 12.1 Å². The lowest BCUT2D eigenvalue weighted by Gasteiger charge is -2.27. The Kier molecular flexibility index (Phi) is 12.0. The SMILES string of the molecule is CC(C)C(NC(=O)C(CCC(N)=O)NC(=O)C(N)CS)C(=O)NC(C(=O)O)C(C)O. The molecular formula is C17H31N5O7S. The maximum Gasteiger partial charge on any atom is 0.328 e. The zero-order valence-corrected chi connectivity index (χ0v) is 18.0. The highest BCUT2D eigenvalue weighted by Crippen LogP contribution is 2.06. The Hall–Kier alpha value is -2.38. The highest BCUT2D eigenvalue weighted by atomic mass is 32.1. The van der Waals surface area contributed by atoms with E-state index < -0.39 is 65.8 Å². The molecule has 172 valence electrons. The molecule has 12 nitrogen and oxygen atoms in total. The van der Waals surface area contributed by atoms with Crippen molar-refractivity contribution in [3.63, 3.8) is 0 Å². The monoisotopic (exact) mass is 449 g/mol. The second-order valence-electron chi connectivity index (χ2n) is 7.15. The number of rotatable bonds is 13. The summed E-state index contributed by atoms with van der Waals surface area (Å²) in [5, 5.41) is 25.6. The zero-order valence-electron chi connectivity index (χ0n) is 17.1. The lowest BCUT2D eigenvalue weighted by atomic mass is 10.0. The number of nitrogens with one attached hydrogen (secondary N) is 3. The van der Waals surface area contributed by atoms with Gasteiger partial charge < -0.3 is 37.6 Å². The average molecular weight is 450 g/mol. The number of carbonyl (C=O) groups is 5. The number of amides is 4. The van der Waals surface area contributed by atoms with E-state index in [1.807, 2.05) is 0 Å². The van der Waals surface area contributed by atoms with E-state index in [9.17, 15) is 29.1 Å². The first kappa shape index (κ1) is 27.6. The second-order valence-corrected chi connectivity index (χ2v) is 7.52. The summed E-state index contributed by atoms with van der Waals surface area (Å²) in [6.07, 6.45) is -1.72. The molecule has 0 fully saturated rings. The largest absolute Gasteiger partial charge is 0.480 e. The quantitative estimate of drug-likeness (QED) is 0.136. The van der Waals surface area contributed by atoms with Crippen molar-refractivity contribution in [2.75, 3.05) is 5.75 Å². The standard InChI is InChI=1S/C17H31N5O7S/c1-7(2)12(16(27)22-13(8(3)23)17(28)29)21-15(26)10(4-5-11(19)24)20-14(25)9(18)6-30/h7-10,12-13,23,30H,4-6,18H2,1-3H3,(H2,19,24)(H,20,25)(H,21,26)(H,22,27)(H,28,29). The highest BCUT2D eigenvalue weighted by Gasteiger charge is 2.33. The molecule has 13 heteroatoms. The molecule has 0 bridgehead atoms. The molecule has 4 amide bonds. The van der Waals surface area contributed by atoms with Crippen LogP contribution in [-0.4, -0.2) is 75.8 Å². The molecular weight excluding hydrogens is 418 g/mol. The Balaban J connectivity index is 5.43. The second kappa shape index (κ2) is 13.0. The van der Waals surface area contributed by atoms with Gasteiger partial charge in [-0.2, -0.15) is 12.6 Å². The van der Waals surface area contributed by atoms with Crippen molar-refractivity contribution in [1.82, 2.24) is 16.0 Å². The van der Waals surface area contributed by atoms with Crippen molar-refractivity contribution < 1.29 is 34.2 Å². The molecule has 9 N–H and O–H groups in total. The Morgan fingerprint density at radius 2 is 1.47 bits per heavy atom. The first-order chi connectivity index (χ1) is 13.8. The molecule has 0 aliphatic carbocycles. The van der Waals surface area contributed by atoms with Gasteiger partial charge in [0.15, 0.2) is 6.04 Å². The zero-order chi connectivity index (χ0) is 23.6. The number of carboxylic acids is 1. The third-order valence-electron chi connectivity index (χ3n) is 4.14. The van der Waals surface area contributed by atoms with Gasteiger partial charge in [-0.25, -0.2) is 4.79 Å². The summed E-state index contributed by atoms with van der Waals surface area (Å²) in [6.45, 7) is 4.41. The number of primary amides is 1. The van der Waals surface area contributed by atoms with Gasteiger partial charge in [-0.05, 0) is 19.3 Å². The summed E-state index contributed by atoms with van der Waals surface area (Å²) in [4.78, 5) is 59.5. The molecule has 0 aliphatic heterocycles. The third-order valence-corrected chi connectivity index (χ3v) is 4.53. The third kappa shape index (κ3) is 9.41. The van der Waals surface area contributed by atoms with Crippen LogP contribution >= 0.6 is 12.6 Å². The molecule has 0 aliphatic rings. The molecule has 0 aromatic carbocycles. The molecule has 5 atom stereocenters. The number of aliphatic hydroxyl groups is 1. The van der Waals surface area contributed by atoms with Crippen molar-refractivity contribution >= 4 is 42.2 Å². The van der Waals surface area contributed by atoms with Crippen molar-refractivity contribution in [2.24, 2.45) is 17.4 Å². The van der Waals surface area contributed by atoms with Crippen LogP contribution in [0.5, 0.6) is 0 Å². The highest BCUT2D eigenvalue weighted by molar-refractivity contribution is 7.80. The number of aliphatic hydroxyl groups excluding tert-OH is 1. The van der Waals surface area contributed by atoms with Gasteiger partial charge in [0.2, 0.25) is 23.6 Å². The fourth-order valence-corrected chi connectivity index (χ4v) is 2.50. The molecule has 0 radical (unpaired) electrons. The van der Waals surface area contributed by atoms with Crippen LogP contribution in [0.25, 0.3) is 0 Å². The Bertz CT molecular complexity index is 644. The van der Waals surface area contributed by atoms with Gasteiger partial charge in [-0.3, -0.25) is 19.2 Å². The maximum atomic E-state index is 12.7. The number of hydrogen-bond donors (Lipinski definition) is 8. The molecule has 0 saturated carbocycles. The van der Waals surface area contributed by atoms with Crippen molar-refractivity contribution in [2.45, 2.75) is 63.9 Å². The van der Waals surface area contributed by atoms with Crippen LogP contribution in [0.1, 0.15) is 33.6 Å². The fourth-order valence-electron chi connectivity index (χ4n) is 2.34. The van der Waals surface area contributed by atoms with Gasteiger partial charge >= 0.3 is 5.97 Å². The molecule has 0 aromatic heterocycles. The molecule has 0 saturated heterocycles. The van der Waals surface area contributed by atoms with Gasteiger partial charge in [-0.15, -0.1) is 0 Å². The minimum absolute atomic E-state index is 0.0168. The van der Waals surface area contributed by atoms with E-state index in [2.05, 4.69) is 28.6 Å². The fraction of sp³-hybridized carbons (Fsp3) is 0.706. The summed E-state index contributed by atoms with van der Waals surface area (Å²) in [6, 6.07) is -4.96. The van der Waals surface area contributed by atoms with Gasteiger partial charge in [0, 0.05) is 12.2 Å². The first-order valence-electron chi connectivity index (χ1n) is 9.28. The number of thiol groups is 1. The van der Waals surface area contributed by atoms with E-state index in [-0.39, 0.29) is 18.6 Å². The molecule has 0 heterocycles. The van der Waals surface area contributed by atoms with Crippen LogP contribution in [0.3, 0.4) is 0 Å². The minimum Gasteiger partial charge on any atom is -0.480 e. The summed E-state index contributed by atoms with van der Waals surface area (Å²) in [7, 11) is 0. The summed E-state index contributed by atoms with van der Waals surface area (Å²) in [5.41, 5.74) is 10.7. The van der Waals surface area contributed by atoms with E-state index in [1.54, 1.807) is 13.8 Å². The predicted octanol–water partition coefficient (Wildman–Crippen LogP) is -2.92. The lowest BCUT2D eigenvalue weighted by Crippen LogP contribution is -2.59. The van der Waals surface area contributed by atoms with E-state index >= 15 is 0 Å². The van der Waals surface area contributed by atoms with Crippen LogP contribution in [0.15, 0.2) is 0 Å². The molecule has 0 aromatic rings. The molecule has 0 rings (SSSR count). The van der Waals surface area contributed by atoms with Gasteiger partial charge in [0.1, 0.15) is 12.1 Å². The normalized spacial score (nSPS) is 16.0. The van der Waals surface area contributed by atoms with Crippen LogP contribution in [0.4, 0.5) is 0 Å². The average Bonchev–Trinajstić information content (AvgIpc) is 2.64. The number of carboxylic acid groups (broad SMARTS) is 1. The number of carbonyl (C=O) groups excluding carboxylic acids is 4. The summed E-state index contributed by atoms with van der Waals surface area (Å²) in [5.74, 6) is -4.89. The molecule has 30 heavy (non-hydrogen) atoms. The smallest absolute Gasteiger partial charge is 0.328 e. The topological polar surface area (TPSA) is 214 Å². The number of nitrogens with two attached hydrogens (primary N) is 2. The van der Waals surface area contributed by atoms with E-state index in [0.29, 0.717) is 0 Å². The number of aliphatic carboxylic acids is 1. The molecule has 5 unspecified atom stereocenters. The number of hydrogen-bond acceptors (Lipinski definition) is 8.